The summed E-state index contributed by atoms with van der Waals surface area (Å²) in [6, 6.07) is 41.1. The summed E-state index contributed by atoms with van der Waals surface area (Å²) in [5.74, 6) is 1.93. The van der Waals surface area contributed by atoms with Gasteiger partial charge in [0, 0.05) is 33.7 Å². The first-order valence-electron chi connectivity index (χ1n) is 44.6. The molecular formula is C89H109Cl5N20O20S2. The van der Waals surface area contributed by atoms with Crippen molar-refractivity contribution in [1.29, 1.82) is 0 Å². The highest BCUT2D eigenvalue weighted by Gasteiger charge is 2.50. The predicted octanol–water partition coefficient (Wildman–Crippen LogP) is 7.99. The van der Waals surface area contributed by atoms with Crippen LogP contribution in [-0.4, -0.2) is 286 Å². The number of alkyl halides is 2. The molecule has 9 unspecified atom stereocenters. The normalized spacial score (nSPS) is 29.2. The van der Waals surface area contributed by atoms with Gasteiger partial charge in [-0.15, -0.1) is 23.2 Å². The molecule has 4 saturated carbocycles. The molecule has 4 aromatic carbocycles. The Morgan fingerprint density at radius 1 is 0.390 bits per heavy atom. The van der Waals surface area contributed by atoms with Crippen LogP contribution < -0.4 is 21.7 Å². The van der Waals surface area contributed by atoms with Crippen molar-refractivity contribution in [3.63, 3.8) is 0 Å². The molecule has 4 aliphatic carbocycles. The van der Waals surface area contributed by atoms with Gasteiger partial charge < -0.3 is 106 Å². The molecule has 0 amide bonds. The Morgan fingerprint density at radius 3 is 1.01 bits per heavy atom. The molecule has 136 heavy (non-hydrogen) atoms. The molecule has 0 bridgehead atoms. The average Bonchev–Trinajstić information content (AvgIpc) is 1.63. The van der Waals surface area contributed by atoms with Crippen molar-refractivity contribution in [2.24, 2.45) is 5.73 Å². The fraction of sp³-hybridized carbons (Fsp3) is 0.506. The Bertz CT molecular complexity index is 5630. The highest BCUT2D eigenvalue weighted by molar-refractivity contribution is 8.26. The van der Waals surface area contributed by atoms with Crippen LogP contribution in [0.1, 0.15) is 124 Å². The molecule has 47 heteroatoms. The van der Waals surface area contributed by atoms with Crippen LogP contribution in [0.15, 0.2) is 172 Å². The summed E-state index contributed by atoms with van der Waals surface area (Å²) in [7, 11) is 7.36. The van der Waals surface area contributed by atoms with Crippen LogP contribution in [0.2, 0.25) is 5.15 Å². The molecule has 4 saturated heterocycles. The third-order valence-electron chi connectivity index (χ3n) is 24.8. The Labute approximate surface area is 810 Å². The topological polar surface area (TPSA) is 536 Å². The molecule has 0 spiro atoms. The van der Waals surface area contributed by atoms with Crippen LogP contribution in [0.25, 0.3) is 44.7 Å². The highest BCUT2D eigenvalue weighted by Crippen LogP contribution is 2.41. The van der Waals surface area contributed by atoms with Crippen LogP contribution in [0.5, 0.6) is 0 Å². The Kier molecular flexibility index (Phi) is 36.7. The second-order valence-corrected chi connectivity index (χ2v) is 38.1. The number of hydrogen-bond donors (Lipinski definition) is 13. The molecule has 25 atom stereocenters. The van der Waals surface area contributed by atoms with Crippen molar-refractivity contribution >= 4 is 139 Å². The highest BCUT2D eigenvalue weighted by atomic mass is 36.0. The number of ether oxygens (including phenoxy) is 8. The van der Waals surface area contributed by atoms with E-state index in [0.717, 1.165) is 87.3 Å². The number of nitrogens with zero attached hydrogens (tertiary/aromatic N) is 16. The SMILES string of the molecule is CS(=O)O[C@@H]1[C@H](O)[C@@H](CCl)O[C@H]1n1cnc2c(NC3CCCC3OCc3ccccc3)ncnc21.NC1CCCC1OCc1ccccc1.O=S(Cl)Cl.OC[C@H]1O[C@@H](n2cnc3c(Cl)ncnc32)[C@H](O)[C@@H]1O.OC[C@H]1O[C@@H](n2cnc3c(NC4CCCC4OCc4ccccc4)ncnc32)[C@H](O)[C@@H]1O.O[C@@H]1[C@H](O)[C@@H](CCl)O[C@H]1n1cnc2c(NC3CCCC3OCc3ccccc3)ncnc21. The third-order valence-corrected chi connectivity index (χ3v) is 26.2. The minimum atomic E-state index is -1.67. The molecule has 4 aliphatic heterocycles. The summed E-state index contributed by atoms with van der Waals surface area (Å²) in [5, 5.41) is 100. The van der Waals surface area contributed by atoms with Crippen molar-refractivity contribution in [3.05, 3.63) is 199 Å². The van der Waals surface area contributed by atoms with Crippen LogP contribution in [0.4, 0.5) is 17.5 Å². The molecule has 732 valence electrons. The van der Waals surface area contributed by atoms with E-state index in [9.17, 15) is 45.1 Å². The van der Waals surface area contributed by atoms with Gasteiger partial charge in [-0.3, -0.25) is 22.5 Å². The Morgan fingerprint density at radius 2 is 0.684 bits per heavy atom. The lowest BCUT2D eigenvalue weighted by atomic mass is 10.1. The summed E-state index contributed by atoms with van der Waals surface area (Å²) in [6.07, 6.45) is 10.5. The number of rotatable bonds is 28. The molecular weight excluding hydrogens is 1910 g/mol. The van der Waals surface area contributed by atoms with Crippen LogP contribution >= 0.6 is 56.2 Å². The van der Waals surface area contributed by atoms with Crippen LogP contribution in [0.3, 0.4) is 0 Å². The van der Waals surface area contributed by atoms with Gasteiger partial charge >= 0.3 is 0 Å². The quantitative estimate of drug-likeness (QED) is 0.0125. The van der Waals surface area contributed by atoms with Gasteiger partial charge in [-0.2, -0.15) is 0 Å². The maximum absolute atomic E-state index is 11.8. The summed E-state index contributed by atoms with van der Waals surface area (Å²) >= 11 is 16.1. The van der Waals surface area contributed by atoms with E-state index in [1.54, 1.807) is 26.4 Å². The number of benzene rings is 4. The lowest BCUT2D eigenvalue weighted by Gasteiger charge is -2.22. The zero-order valence-corrected chi connectivity index (χ0v) is 79.0. The van der Waals surface area contributed by atoms with E-state index < -0.39 is 132 Å². The van der Waals surface area contributed by atoms with Crippen molar-refractivity contribution in [3.8, 4) is 0 Å². The van der Waals surface area contributed by atoms with E-state index in [1.807, 2.05) is 72.8 Å². The van der Waals surface area contributed by atoms with Crippen molar-refractivity contribution in [2.75, 3.05) is 47.2 Å². The second-order valence-electron chi connectivity index (χ2n) is 33.6. The van der Waals surface area contributed by atoms with Crippen LogP contribution in [0, 0.1) is 0 Å². The summed E-state index contributed by atoms with van der Waals surface area (Å²) in [4.78, 5) is 51.5. The second kappa shape index (κ2) is 49.1. The first kappa shape index (κ1) is 102. The van der Waals surface area contributed by atoms with E-state index in [4.69, 9.17) is 91.9 Å². The minimum absolute atomic E-state index is 0.0532. The molecule has 12 heterocycles. The van der Waals surface area contributed by atoms with Gasteiger partial charge in [0.2, 0.25) is 9.23 Å². The van der Waals surface area contributed by atoms with Crippen molar-refractivity contribution in [1.82, 2.24) is 78.1 Å². The summed E-state index contributed by atoms with van der Waals surface area (Å²) in [6.45, 7) is 1.59. The van der Waals surface area contributed by atoms with Gasteiger partial charge in [0.15, 0.2) is 97.7 Å². The van der Waals surface area contributed by atoms with Gasteiger partial charge in [-0.1, -0.05) is 133 Å². The first-order valence-corrected chi connectivity index (χ1v) is 50.3. The molecule has 40 nitrogen and oxygen atoms in total. The van der Waals surface area contributed by atoms with Gasteiger partial charge in [0.1, 0.15) is 104 Å². The number of nitrogens with one attached hydrogen (secondary N) is 3. The van der Waals surface area contributed by atoms with Crippen LogP contribution in [-0.2, 0) is 88.8 Å². The smallest absolute Gasteiger partial charge is 0.211 e. The zero-order chi connectivity index (χ0) is 95.5. The molecule has 8 aromatic heterocycles. The Hall–Kier alpha value is -8.53. The molecule has 8 aliphatic rings. The first-order chi connectivity index (χ1) is 66.1. The Balaban J connectivity index is 0.000000132. The van der Waals surface area contributed by atoms with E-state index in [0.29, 0.717) is 88.5 Å². The molecule has 8 fully saturated rings. The maximum atomic E-state index is 11.8. The van der Waals surface area contributed by atoms with Gasteiger partial charge in [0.05, 0.1) is 119 Å². The van der Waals surface area contributed by atoms with Crippen molar-refractivity contribution < 1.29 is 96.5 Å². The zero-order valence-electron chi connectivity index (χ0n) is 73.6. The van der Waals surface area contributed by atoms with Crippen molar-refractivity contribution in [2.45, 2.75) is 250 Å². The van der Waals surface area contributed by atoms with Gasteiger partial charge in [0.25, 0.3) is 0 Å². The number of hydrogen-bond acceptors (Lipinski definition) is 36. The molecule has 14 N–H and O–H groups in total. The molecule has 20 rings (SSSR count). The number of aliphatic hydroxyl groups excluding tert-OH is 9. The predicted molar refractivity (Wildman–Crippen MR) is 504 cm³/mol. The number of halogens is 5. The summed E-state index contributed by atoms with van der Waals surface area (Å²) in [5.41, 5.74) is 14.5. The number of fused-ring (bicyclic) bond motifs is 4. The molecule has 0 radical (unpaired) electrons. The standard InChI is InChI=1S/C23H28ClN5O5S.C22H26ClN5O4.C22H27N5O5.C12H17NO.C10H11ClN4O4.Cl2OS/c1-35(31)34-20-19(30)17(10-24)33-23(20)29-13-27-18-21(25-12-26-22(18)29)28-15-8-5-9-16(15)32-11-14-6-3-2-4-7-14;23-9-16-18(29)19(30)22(32-16)28-12-26-17-20(24-11-25-21(17)28)27-14-7-4-8-15(14)31-10-13-5-2-1-3-6-13;28-9-16-18(29)19(30)22(32-16)27-12-25-17-20(23-11-24-21(17)27)26-14-7-4-8-15(14)31-10-13-5-2-1-3-6-13;13-11-7-4-8-12(11)14-9-10-5-2-1-3-6-10;11-8-5-9(13-2-12-8)15(3-14-5)10-7(18)6(17)4(1-16)19-10;1-4(2)3/h2-4,6-7,12-13,15-17,19-20,23,30H,5,8-11H2,1H3,(H,25,26,28);1-3,5-6,11-12,14-16,18-19,22,29-30H,4,7-10H2,(H,24,25,27);1-3,5-6,11-12,14-16,18-19,22,28-30H,4,7-10H2,(H,23,24,26);1-3,5-6,11-12H,4,7-9,13H2;2-4,6-7,10,16-18H,1H2;/t15?,16?,17-,19-,20-,23-,35?;2*14?,15?,16-,18-,19-,22-;;4-,6-,7-,10-;/m111.1./s1. The average molecular weight is 2020 g/mol. The fourth-order valence-electron chi connectivity index (χ4n) is 17.7. The fourth-order valence-corrected chi connectivity index (χ4v) is 19.0. The van der Waals surface area contributed by atoms with E-state index in [-0.39, 0.29) is 65.5 Å². The lowest BCUT2D eigenvalue weighted by Crippen LogP contribution is -2.35. The summed E-state index contributed by atoms with van der Waals surface area (Å²) < 4.78 is 79.7. The maximum Gasteiger partial charge on any atom is 0.211 e. The number of aliphatic hydroxyl groups is 9. The monoisotopic (exact) mass is 2020 g/mol. The van der Waals surface area contributed by atoms with E-state index >= 15 is 0 Å². The minimum Gasteiger partial charge on any atom is -0.394 e. The van der Waals surface area contributed by atoms with E-state index in [1.165, 1.54) is 60.8 Å². The molecule has 12 aromatic rings. The number of aromatic nitrogens is 16. The lowest BCUT2D eigenvalue weighted by molar-refractivity contribution is -0.0511. The van der Waals surface area contributed by atoms with Gasteiger partial charge in [-0.05, 0) is 99.3 Å². The largest absolute Gasteiger partial charge is 0.394 e. The number of imidazole rings is 4. The number of nitrogens with two attached hydrogens (primary N) is 1. The third kappa shape index (κ3) is 24.9. The van der Waals surface area contributed by atoms with E-state index in [2.05, 4.69) is 146 Å². The number of anilines is 3. The van der Waals surface area contributed by atoms with Gasteiger partial charge in [-0.25, -0.2) is 68.2 Å².